The smallest absolute Gasteiger partial charge is 0.265 e. The maximum absolute atomic E-state index is 14.1. The number of aryl methyl sites for hydroxylation is 1. The fourth-order valence-electron chi connectivity index (χ4n) is 5.66. The van der Waals surface area contributed by atoms with Crippen molar-refractivity contribution < 1.29 is 9.90 Å². The van der Waals surface area contributed by atoms with Crippen molar-refractivity contribution in [1.29, 1.82) is 0 Å². The zero-order valence-corrected chi connectivity index (χ0v) is 20.3. The summed E-state index contributed by atoms with van der Waals surface area (Å²) in [7, 11) is 1.76. The van der Waals surface area contributed by atoms with Gasteiger partial charge < -0.3 is 20.7 Å². The van der Waals surface area contributed by atoms with Crippen LogP contribution in [0, 0.1) is 0 Å². The summed E-state index contributed by atoms with van der Waals surface area (Å²) in [5.41, 5.74) is 11.0. The third-order valence-electron chi connectivity index (χ3n) is 7.72. The van der Waals surface area contributed by atoms with Crippen LogP contribution in [0.15, 0.2) is 59.5 Å². The molecule has 1 saturated heterocycles. The lowest BCUT2D eigenvalue weighted by Gasteiger charge is -2.22. The molecule has 7 heteroatoms. The number of pyridine rings is 1. The van der Waals surface area contributed by atoms with Crippen LogP contribution < -0.4 is 16.6 Å². The summed E-state index contributed by atoms with van der Waals surface area (Å²) >= 11 is 0. The molecule has 1 unspecified atom stereocenters. The van der Waals surface area contributed by atoms with Crippen LogP contribution in [0.25, 0.3) is 27.6 Å². The molecule has 0 radical (unpaired) electrons. The first-order chi connectivity index (χ1) is 17.5. The van der Waals surface area contributed by atoms with Crippen molar-refractivity contribution in [3.05, 3.63) is 87.6 Å². The molecule has 1 saturated carbocycles. The van der Waals surface area contributed by atoms with Crippen molar-refractivity contribution in [2.24, 2.45) is 12.8 Å². The molecule has 2 fully saturated rings. The maximum atomic E-state index is 14.1. The quantitative estimate of drug-likeness (QED) is 0.391. The fourth-order valence-corrected chi connectivity index (χ4v) is 5.66. The number of carbonyl (C=O) groups excluding carboxylic acids is 1. The molecule has 6 rings (SSSR count). The van der Waals surface area contributed by atoms with Gasteiger partial charge in [0.15, 0.2) is 0 Å². The van der Waals surface area contributed by atoms with E-state index in [-0.39, 0.29) is 18.1 Å². The SMILES string of the molecule is Cn1cc(-c2cccc(-n3c(C4CCNC4)cc4cc(C5CC5)ccc4c3=O)c2CO)cc1C(N)=O. The zero-order valence-electron chi connectivity index (χ0n) is 20.3. The highest BCUT2D eigenvalue weighted by Gasteiger charge is 2.27. The highest BCUT2D eigenvalue weighted by molar-refractivity contribution is 5.93. The molecule has 2 aliphatic rings. The Balaban J connectivity index is 1.59. The van der Waals surface area contributed by atoms with Crippen LogP contribution in [-0.4, -0.2) is 33.2 Å². The Labute approximate surface area is 209 Å². The largest absolute Gasteiger partial charge is 0.392 e. The third kappa shape index (κ3) is 3.75. The van der Waals surface area contributed by atoms with Gasteiger partial charge in [-0.1, -0.05) is 24.3 Å². The van der Waals surface area contributed by atoms with Crippen molar-refractivity contribution in [2.75, 3.05) is 13.1 Å². The minimum absolute atomic E-state index is 0.0746. The van der Waals surface area contributed by atoms with E-state index < -0.39 is 5.91 Å². The Bertz CT molecular complexity index is 1560. The van der Waals surface area contributed by atoms with Crippen LogP contribution in [0.2, 0.25) is 0 Å². The second kappa shape index (κ2) is 8.76. The number of carbonyl (C=O) groups is 1. The molecular weight excluding hydrogens is 452 g/mol. The molecule has 2 aromatic carbocycles. The lowest BCUT2D eigenvalue weighted by atomic mass is 9.96. The van der Waals surface area contributed by atoms with E-state index in [1.807, 2.05) is 30.5 Å². The van der Waals surface area contributed by atoms with Gasteiger partial charge in [0.25, 0.3) is 11.5 Å². The van der Waals surface area contributed by atoms with Gasteiger partial charge in [-0.25, -0.2) is 0 Å². The second-order valence-corrected chi connectivity index (χ2v) is 10.1. The molecule has 4 aromatic rings. The second-order valence-electron chi connectivity index (χ2n) is 10.1. The topological polar surface area (TPSA) is 102 Å². The van der Waals surface area contributed by atoms with Crippen molar-refractivity contribution in [2.45, 2.75) is 37.7 Å². The van der Waals surface area contributed by atoms with Crippen molar-refractivity contribution >= 4 is 16.7 Å². The average molecular weight is 483 g/mol. The van der Waals surface area contributed by atoms with Crippen LogP contribution in [-0.2, 0) is 13.7 Å². The van der Waals surface area contributed by atoms with Crippen LogP contribution in [0.3, 0.4) is 0 Å². The van der Waals surface area contributed by atoms with Crippen LogP contribution >= 0.6 is 0 Å². The standard InChI is InChI=1S/C29H30N4O3/c1-32-15-21(13-27(32)28(30)35)22-3-2-4-25(24(22)16-34)33-26(19-9-10-31-14-19)12-20-11-18(17-5-6-17)7-8-23(20)29(33)36/h2-4,7-8,11-13,15,17,19,31,34H,5-6,9-10,14,16H2,1H3,(H2,30,35). The molecule has 7 nitrogen and oxygen atoms in total. The van der Waals surface area contributed by atoms with Gasteiger partial charge in [-0.15, -0.1) is 0 Å². The Kier molecular flexibility index (Phi) is 5.54. The van der Waals surface area contributed by atoms with Gasteiger partial charge >= 0.3 is 0 Å². The van der Waals surface area contributed by atoms with Gasteiger partial charge in [0.2, 0.25) is 0 Å². The van der Waals surface area contributed by atoms with Gasteiger partial charge in [0, 0.05) is 47.9 Å². The summed E-state index contributed by atoms with van der Waals surface area (Å²) in [5, 5.41) is 15.6. The maximum Gasteiger partial charge on any atom is 0.265 e. The number of primary amides is 1. The molecular formula is C29H30N4O3. The van der Waals surface area contributed by atoms with Gasteiger partial charge in [-0.05, 0) is 72.5 Å². The third-order valence-corrected chi connectivity index (χ3v) is 7.72. The van der Waals surface area contributed by atoms with E-state index in [1.54, 1.807) is 22.2 Å². The van der Waals surface area contributed by atoms with E-state index in [9.17, 15) is 14.7 Å². The first-order valence-electron chi connectivity index (χ1n) is 12.6. The Hall–Kier alpha value is -3.68. The number of aromatic nitrogens is 2. The summed E-state index contributed by atoms with van der Waals surface area (Å²) in [6, 6.07) is 15.8. The number of amides is 1. The lowest BCUT2D eigenvalue weighted by Crippen LogP contribution is -2.26. The highest BCUT2D eigenvalue weighted by Crippen LogP contribution is 2.41. The Morgan fingerprint density at radius 2 is 1.94 bits per heavy atom. The van der Waals surface area contributed by atoms with Gasteiger partial charge in [0.05, 0.1) is 12.3 Å². The summed E-state index contributed by atoms with van der Waals surface area (Å²) < 4.78 is 3.48. The molecule has 0 bridgehead atoms. The number of aliphatic hydroxyl groups excluding tert-OH is 1. The van der Waals surface area contributed by atoms with Gasteiger partial charge in [-0.2, -0.15) is 0 Å². The first-order valence-corrected chi connectivity index (χ1v) is 12.6. The van der Waals surface area contributed by atoms with E-state index in [0.29, 0.717) is 28.2 Å². The number of hydrogen-bond donors (Lipinski definition) is 3. The number of fused-ring (bicyclic) bond motifs is 1. The van der Waals surface area contributed by atoms with Crippen LogP contribution in [0.5, 0.6) is 0 Å². The van der Waals surface area contributed by atoms with Crippen LogP contribution in [0.1, 0.15) is 58.4 Å². The van der Waals surface area contributed by atoms with Gasteiger partial charge in [-0.3, -0.25) is 14.2 Å². The number of aliphatic hydroxyl groups is 1. The minimum atomic E-state index is -0.516. The number of hydrogen-bond acceptors (Lipinski definition) is 4. The fraction of sp³-hybridized carbons (Fsp3) is 0.310. The van der Waals surface area contributed by atoms with Crippen LogP contribution in [0.4, 0.5) is 0 Å². The summed E-state index contributed by atoms with van der Waals surface area (Å²) in [5.74, 6) is 0.292. The molecule has 184 valence electrons. The predicted octanol–water partition coefficient (Wildman–Crippen LogP) is 3.54. The Morgan fingerprint density at radius 3 is 2.61 bits per heavy atom. The summed E-state index contributed by atoms with van der Waals surface area (Å²) in [4.78, 5) is 25.9. The first kappa shape index (κ1) is 22.8. The zero-order chi connectivity index (χ0) is 25.0. The molecule has 4 N–H and O–H groups in total. The van der Waals surface area contributed by atoms with E-state index >= 15 is 0 Å². The van der Waals surface area contributed by atoms with E-state index in [4.69, 9.17) is 5.73 Å². The molecule has 2 aromatic heterocycles. The monoisotopic (exact) mass is 482 g/mol. The molecule has 1 atom stereocenters. The van der Waals surface area contributed by atoms with Crippen molar-refractivity contribution in [3.63, 3.8) is 0 Å². The van der Waals surface area contributed by atoms with Gasteiger partial charge in [0.1, 0.15) is 5.69 Å². The number of nitrogens with zero attached hydrogens (tertiary/aromatic N) is 2. The molecule has 36 heavy (non-hydrogen) atoms. The molecule has 1 aliphatic carbocycles. The van der Waals surface area contributed by atoms with E-state index in [2.05, 4.69) is 23.5 Å². The lowest BCUT2D eigenvalue weighted by molar-refractivity contribution is 0.0992. The molecule has 1 aliphatic heterocycles. The molecule has 0 spiro atoms. The molecule has 3 heterocycles. The highest BCUT2D eigenvalue weighted by atomic mass is 16.3. The number of benzene rings is 2. The predicted molar refractivity (Wildman–Crippen MR) is 141 cm³/mol. The summed E-state index contributed by atoms with van der Waals surface area (Å²) in [6.07, 6.45) is 5.20. The number of rotatable bonds is 6. The molecule has 1 amide bonds. The number of nitrogens with two attached hydrogens (primary N) is 1. The van der Waals surface area contributed by atoms with E-state index in [0.717, 1.165) is 41.7 Å². The summed E-state index contributed by atoms with van der Waals surface area (Å²) in [6.45, 7) is 1.47. The number of nitrogens with one attached hydrogen (secondary N) is 1. The van der Waals surface area contributed by atoms with E-state index in [1.165, 1.54) is 18.4 Å². The van der Waals surface area contributed by atoms with Crippen molar-refractivity contribution in [3.8, 4) is 16.8 Å². The van der Waals surface area contributed by atoms with Crippen molar-refractivity contribution in [1.82, 2.24) is 14.5 Å². The normalized spacial score (nSPS) is 17.7. The average Bonchev–Trinajstić information content (AvgIpc) is 3.43. The minimum Gasteiger partial charge on any atom is -0.392 e. The Morgan fingerprint density at radius 1 is 1.11 bits per heavy atom.